The molecule has 0 aliphatic rings. The van der Waals surface area contributed by atoms with Crippen LogP contribution in [0.3, 0.4) is 0 Å². The molecule has 0 amide bonds. The molecule has 0 bridgehead atoms. The molecule has 0 aliphatic heterocycles. The molecular formula is C24H22F13NO. The number of rotatable bonds is 11. The molecular weight excluding hydrogens is 565 g/mol. The van der Waals surface area contributed by atoms with E-state index in [9.17, 15) is 53.4 Å². The highest BCUT2D eigenvalue weighted by atomic mass is 19.4. The lowest BCUT2D eigenvalue weighted by molar-refractivity contribution is -0.441. The summed E-state index contributed by atoms with van der Waals surface area (Å²) in [6.45, 7) is 3.46. The van der Waals surface area contributed by atoms with E-state index in [0.29, 0.717) is 0 Å². The average molecular weight is 587 g/mol. The zero-order chi connectivity index (χ0) is 30.3. The predicted octanol–water partition coefficient (Wildman–Crippen LogP) is 7.90. The van der Waals surface area contributed by atoms with E-state index in [0.717, 1.165) is 36.4 Å². The molecule has 0 saturated heterocycles. The van der Waals surface area contributed by atoms with Crippen LogP contribution in [-0.2, 0) is 5.60 Å². The number of anilines is 1. The number of benzene rings is 2. The van der Waals surface area contributed by atoms with E-state index in [2.05, 4.69) is 0 Å². The van der Waals surface area contributed by atoms with Crippen molar-refractivity contribution in [2.75, 3.05) is 18.0 Å². The van der Waals surface area contributed by atoms with Crippen molar-refractivity contribution in [3.8, 4) is 0 Å². The summed E-state index contributed by atoms with van der Waals surface area (Å²) in [6.07, 6.45) is -10.3. The van der Waals surface area contributed by atoms with E-state index in [4.69, 9.17) is 0 Å². The quantitative estimate of drug-likeness (QED) is 0.270. The number of halogens is 13. The van der Waals surface area contributed by atoms with Gasteiger partial charge in [-0.15, -0.1) is 0 Å². The van der Waals surface area contributed by atoms with Gasteiger partial charge >= 0.3 is 35.8 Å². The Hall–Kier alpha value is -2.71. The standard InChI is InChI=1S/C24H22F13NO/c1-3-38(4-2)17-13-9-8-12-16(17)18(39,15-10-6-5-7-11-15)14-19(25,26)20(27,28)21(29,30)22(31,32)23(33,34)24(35,36)37/h5-13,39H,3-4,14H2,1-2H3. The predicted molar refractivity (Wildman–Crippen MR) is 115 cm³/mol. The summed E-state index contributed by atoms with van der Waals surface area (Å²) in [4.78, 5) is 1.44. The van der Waals surface area contributed by atoms with Gasteiger partial charge in [-0.25, -0.2) is 0 Å². The highest BCUT2D eigenvalue weighted by Gasteiger charge is 2.90. The molecule has 2 rings (SSSR count). The average Bonchev–Trinajstić information content (AvgIpc) is 2.84. The number of aliphatic hydroxyl groups is 1. The SMILES string of the molecule is CCN(CC)c1ccccc1C(O)(CC(F)(F)C(F)(F)C(F)(F)C(F)(F)C(F)(F)C(F)(F)F)c1ccccc1. The van der Waals surface area contributed by atoms with E-state index in [1.165, 1.54) is 23.1 Å². The number of para-hydroxylation sites is 1. The summed E-state index contributed by atoms with van der Waals surface area (Å²) in [5, 5.41) is 11.4. The van der Waals surface area contributed by atoms with Crippen molar-refractivity contribution in [1.29, 1.82) is 0 Å². The maximum absolute atomic E-state index is 15.0. The Morgan fingerprint density at radius 1 is 0.590 bits per heavy atom. The molecule has 1 atom stereocenters. The third-order valence-corrected chi connectivity index (χ3v) is 6.18. The third kappa shape index (κ3) is 5.13. The summed E-state index contributed by atoms with van der Waals surface area (Å²) < 4.78 is 179. The lowest BCUT2D eigenvalue weighted by Crippen LogP contribution is -2.70. The van der Waals surface area contributed by atoms with Crippen LogP contribution in [0.15, 0.2) is 54.6 Å². The molecule has 0 aromatic heterocycles. The van der Waals surface area contributed by atoms with E-state index >= 15 is 8.78 Å². The van der Waals surface area contributed by atoms with E-state index in [-0.39, 0.29) is 18.8 Å². The minimum absolute atomic E-state index is 0.0614. The third-order valence-electron chi connectivity index (χ3n) is 6.18. The molecule has 0 saturated carbocycles. The van der Waals surface area contributed by atoms with Crippen LogP contribution in [0.5, 0.6) is 0 Å². The first-order chi connectivity index (χ1) is 17.6. The van der Waals surface area contributed by atoms with Crippen LogP contribution in [0.4, 0.5) is 62.8 Å². The highest BCUT2D eigenvalue weighted by Crippen LogP contribution is 2.62. The molecule has 2 nitrogen and oxygen atoms in total. The van der Waals surface area contributed by atoms with E-state index < -0.39 is 58.9 Å². The maximum Gasteiger partial charge on any atom is 0.460 e. The van der Waals surface area contributed by atoms with Crippen molar-refractivity contribution in [2.24, 2.45) is 0 Å². The highest BCUT2D eigenvalue weighted by molar-refractivity contribution is 5.59. The molecule has 15 heteroatoms. The van der Waals surface area contributed by atoms with Crippen molar-refractivity contribution >= 4 is 5.69 Å². The fourth-order valence-electron chi connectivity index (χ4n) is 3.96. The minimum atomic E-state index is -8.02. The number of hydrogen-bond acceptors (Lipinski definition) is 2. The molecule has 2 aromatic carbocycles. The van der Waals surface area contributed by atoms with Crippen LogP contribution in [-0.4, -0.2) is 54.0 Å². The van der Waals surface area contributed by atoms with Crippen molar-refractivity contribution in [1.82, 2.24) is 0 Å². The van der Waals surface area contributed by atoms with Crippen LogP contribution in [0.25, 0.3) is 0 Å². The molecule has 0 spiro atoms. The lowest BCUT2D eigenvalue weighted by Gasteiger charge is -2.42. The topological polar surface area (TPSA) is 23.5 Å². The van der Waals surface area contributed by atoms with E-state index in [1.54, 1.807) is 13.8 Å². The number of alkyl halides is 13. The van der Waals surface area contributed by atoms with Gasteiger partial charge in [0.05, 0.1) is 6.42 Å². The normalized spacial score (nSPS) is 15.7. The second kappa shape index (κ2) is 10.4. The zero-order valence-electron chi connectivity index (χ0n) is 20.1. The monoisotopic (exact) mass is 587 g/mol. The van der Waals surface area contributed by atoms with Crippen LogP contribution < -0.4 is 4.90 Å². The van der Waals surface area contributed by atoms with Crippen LogP contribution in [0.2, 0.25) is 0 Å². The van der Waals surface area contributed by atoms with Crippen molar-refractivity contribution in [3.05, 3.63) is 65.7 Å². The van der Waals surface area contributed by atoms with Crippen molar-refractivity contribution in [2.45, 2.75) is 61.7 Å². The van der Waals surface area contributed by atoms with Gasteiger partial charge in [-0.3, -0.25) is 0 Å². The smallest absolute Gasteiger partial charge is 0.380 e. The first-order valence-corrected chi connectivity index (χ1v) is 11.1. The van der Waals surface area contributed by atoms with Gasteiger partial charge in [0.2, 0.25) is 0 Å². The van der Waals surface area contributed by atoms with Gasteiger partial charge in [-0.05, 0) is 25.5 Å². The maximum atomic E-state index is 15.0. The van der Waals surface area contributed by atoms with Gasteiger partial charge in [0, 0.05) is 24.3 Å². The minimum Gasteiger partial charge on any atom is -0.380 e. The fourth-order valence-corrected chi connectivity index (χ4v) is 3.96. The largest absolute Gasteiger partial charge is 0.460 e. The first kappa shape index (κ1) is 32.5. The first-order valence-electron chi connectivity index (χ1n) is 11.1. The summed E-state index contributed by atoms with van der Waals surface area (Å²) >= 11 is 0. The van der Waals surface area contributed by atoms with Gasteiger partial charge in [0.1, 0.15) is 5.60 Å². The van der Waals surface area contributed by atoms with Gasteiger partial charge in [0.25, 0.3) is 0 Å². The summed E-state index contributed by atoms with van der Waals surface area (Å²) in [5.74, 6) is -37.8. The molecule has 0 heterocycles. The fraction of sp³-hybridized carbons (Fsp3) is 0.500. The number of nitrogens with zero attached hydrogens (tertiary/aromatic N) is 1. The molecule has 1 unspecified atom stereocenters. The molecule has 0 radical (unpaired) electrons. The Labute approximate surface area is 214 Å². The summed E-state index contributed by atoms with van der Waals surface area (Å²) in [6, 6.07) is 10.1. The van der Waals surface area contributed by atoms with Crippen LogP contribution in [0, 0.1) is 0 Å². The second-order valence-corrected chi connectivity index (χ2v) is 8.59. The van der Waals surface area contributed by atoms with Crippen molar-refractivity contribution in [3.63, 3.8) is 0 Å². The zero-order valence-corrected chi connectivity index (χ0v) is 20.1. The summed E-state index contributed by atoms with van der Waals surface area (Å²) in [7, 11) is 0. The van der Waals surface area contributed by atoms with Crippen LogP contribution in [0.1, 0.15) is 31.4 Å². The summed E-state index contributed by atoms with van der Waals surface area (Å²) in [5.41, 5.74) is -4.61. The second-order valence-electron chi connectivity index (χ2n) is 8.59. The van der Waals surface area contributed by atoms with Crippen LogP contribution >= 0.6 is 0 Å². The van der Waals surface area contributed by atoms with E-state index in [1.807, 2.05) is 0 Å². The van der Waals surface area contributed by atoms with Gasteiger partial charge in [-0.1, -0.05) is 48.5 Å². The molecule has 2 aromatic rings. The van der Waals surface area contributed by atoms with Gasteiger partial charge in [-0.2, -0.15) is 57.1 Å². The Morgan fingerprint density at radius 3 is 1.49 bits per heavy atom. The Morgan fingerprint density at radius 2 is 1.03 bits per heavy atom. The molecule has 39 heavy (non-hydrogen) atoms. The van der Waals surface area contributed by atoms with Crippen molar-refractivity contribution < 1.29 is 62.2 Å². The molecule has 0 fully saturated rings. The Balaban J connectivity index is 2.78. The van der Waals surface area contributed by atoms with Gasteiger partial charge < -0.3 is 10.0 Å². The number of hydrogen-bond donors (Lipinski definition) is 1. The van der Waals surface area contributed by atoms with Gasteiger partial charge in [0.15, 0.2) is 0 Å². The molecule has 0 aliphatic carbocycles. The molecule has 1 N–H and O–H groups in total. The Kier molecular flexibility index (Phi) is 8.63. The lowest BCUT2D eigenvalue weighted by atomic mass is 9.78. The molecule has 220 valence electrons. The Bertz CT molecular complexity index is 1110.